The molecule has 2 aliphatic carbocycles. The van der Waals surface area contributed by atoms with Gasteiger partial charge in [-0.25, -0.2) is 4.79 Å². The summed E-state index contributed by atoms with van der Waals surface area (Å²) in [6.07, 6.45) is 3.71. The van der Waals surface area contributed by atoms with Crippen LogP contribution in [0.15, 0.2) is 21.9 Å². The number of aliphatic hydroxyl groups is 3. The van der Waals surface area contributed by atoms with Gasteiger partial charge in [0.2, 0.25) is 0 Å². The lowest BCUT2D eigenvalue weighted by atomic mass is 9.88. The molecule has 1 aliphatic heterocycles. The van der Waals surface area contributed by atoms with Crippen molar-refractivity contribution in [2.45, 2.75) is 94.5 Å². The van der Waals surface area contributed by atoms with Gasteiger partial charge in [0.15, 0.2) is 6.23 Å². The minimum absolute atomic E-state index is 0.0349. The molecule has 0 radical (unpaired) electrons. The van der Waals surface area contributed by atoms with Gasteiger partial charge >= 0.3 is 11.7 Å². The van der Waals surface area contributed by atoms with Crippen LogP contribution in [0, 0.1) is 17.8 Å². The number of Topliss-reactive ketones (excluding diaryl/α,β-unsaturated/α-hetero) is 1. The zero-order valence-corrected chi connectivity index (χ0v) is 29.1. The largest absolute Gasteiger partial charge is 0.463 e. The van der Waals surface area contributed by atoms with Crippen LogP contribution in [-0.2, 0) is 33.3 Å². The maximum absolute atomic E-state index is 12.2. The minimum atomic E-state index is -1.18. The predicted octanol–water partition coefficient (Wildman–Crippen LogP) is 1.45. The number of hydrogen-bond acceptors (Lipinski definition) is 14. The number of ether oxygens (including phenoxy) is 5. The van der Waals surface area contributed by atoms with Crippen molar-refractivity contribution in [3.63, 3.8) is 0 Å². The summed E-state index contributed by atoms with van der Waals surface area (Å²) in [5.41, 5.74) is -1.28. The number of esters is 1. The SMILES string of the molecule is COC(COCCCOC1C(O)C(CO)OC1n1ccc(=O)[nH]c1=O)CSSCC(O)COC(=O)CCCC[C@@H]1CCC2CC(=O)CC21. The van der Waals surface area contributed by atoms with Gasteiger partial charge in [0.1, 0.15) is 30.7 Å². The van der Waals surface area contributed by atoms with Gasteiger partial charge in [-0.3, -0.25) is 23.9 Å². The fraction of sp³-hybridized carbons (Fsp3) is 0.812. The summed E-state index contributed by atoms with van der Waals surface area (Å²) in [7, 11) is 4.58. The van der Waals surface area contributed by atoms with Crippen LogP contribution < -0.4 is 11.2 Å². The molecule has 16 heteroatoms. The van der Waals surface area contributed by atoms with E-state index in [0.29, 0.717) is 61.1 Å². The Balaban J connectivity index is 1.00. The summed E-state index contributed by atoms with van der Waals surface area (Å²) in [6, 6.07) is 1.16. The van der Waals surface area contributed by atoms with Crippen LogP contribution in [0.5, 0.6) is 0 Å². The Kier molecular flexibility index (Phi) is 16.4. The number of aromatic nitrogens is 2. The first kappa shape index (κ1) is 39.0. The number of ketones is 1. The van der Waals surface area contributed by atoms with Crippen LogP contribution in [0.3, 0.4) is 0 Å². The fourth-order valence-corrected chi connectivity index (χ4v) is 9.07. The quantitative estimate of drug-likeness (QED) is 0.0764. The van der Waals surface area contributed by atoms with E-state index in [4.69, 9.17) is 23.7 Å². The van der Waals surface area contributed by atoms with Crippen molar-refractivity contribution in [2.24, 2.45) is 17.8 Å². The van der Waals surface area contributed by atoms with Gasteiger partial charge in [0.25, 0.3) is 5.56 Å². The molecule has 0 amide bonds. The molecule has 1 saturated heterocycles. The number of unbranched alkanes of at least 4 members (excludes halogenated alkanes) is 1. The molecule has 48 heavy (non-hydrogen) atoms. The van der Waals surface area contributed by atoms with Gasteiger partial charge in [0.05, 0.1) is 25.4 Å². The number of carbonyl (C=O) groups excluding carboxylic acids is 2. The maximum atomic E-state index is 12.2. The number of fused-ring (bicyclic) bond motifs is 1. The molecule has 14 nitrogen and oxygen atoms in total. The Morgan fingerprint density at radius 2 is 1.92 bits per heavy atom. The van der Waals surface area contributed by atoms with Crippen molar-refractivity contribution in [2.75, 3.05) is 51.6 Å². The molecule has 2 saturated carbocycles. The van der Waals surface area contributed by atoms with E-state index in [2.05, 4.69) is 4.98 Å². The van der Waals surface area contributed by atoms with Crippen LogP contribution >= 0.6 is 21.6 Å². The van der Waals surface area contributed by atoms with E-state index in [1.807, 2.05) is 0 Å². The monoisotopic (exact) mass is 718 g/mol. The molecule has 9 atom stereocenters. The van der Waals surface area contributed by atoms with Crippen LogP contribution in [0.25, 0.3) is 0 Å². The van der Waals surface area contributed by atoms with Crippen LogP contribution in [-0.4, -0.2) is 119 Å². The Morgan fingerprint density at radius 1 is 1.10 bits per heavy atom. The normalized spacial score (nSPS) is 28.1. The molecular formula is C32H50N2O12S2. The predicted molar refractivity (Wildman–Crippen MR) is 179 cm³/mol. The average Bonchev–Trinajstić information content (AvgIpc) is 3.72. The molecule has 4 rings (SSSR count). The molecule has 1 aromatic heterocycles. The van der Waals surface area contributed by atoms with Crippen molar-refractivity contribution in [3.05, 3.63) is 33.1 Å². The molecule has 272 valence electrons. The number of carbonyl (C=O) groups is 2. The number of aromatic amines is 1. The molecule has 3 aliphatic rings. The van der Waals surface area contributed by atoms with E-state index < -0.39 is 48.5 Å². The number of H-pyrrole nitrogens is 1. The first-order chi connectivity index (χ1) is 23.2. The topological polar surface area (TPSA) is 196 Å². The van der Waals surface area contributed by atoms with Gasteiger partial charge < -0.3 is 39.0 Å². The standard InChI is InChI=1S/C32H50N2O12S2/c1-42-24(17-43-11-4-12-44-30-29(40)26(15-35)46-31(30)34-10-9-27(38)33-32(34)41)19-48-47-18-23(37)16-45-28(39)6-3-2-5-20-7-8-21-13-22(36)14-25(20)21/h9-10,20-21,23-26,29-31,35,37,40H,2-8,11-19H2,1H3,(H,33,38,41)/t20-,21?,23?,24?,25?,26?,29?,30?,31?/m1/s1. The van der Waals surface area contributed by atoms with Crippen molar-refractivity contribution in [1.29, 1.82) is 0 Å². The lowest BCUT2D eigenvalue weighted by molar-refractivity contribution is -0.146. The van der Waals surface area contributed by atoms with Crippen LogP contribution in [0.2, 0.25) is 0 Å². The number of rotatable bonds is 22. The summed E-state index contributed by atoms with van der Waals surface area (Å²) in [4.78, 5) is 49.6. The summed E-state index contributed by atoms with van der Waals surface area (Å²) < 4.78 is 29.0. The first-order valence-corrected chi connectivity index (χ1v) is 19.3. The second kappa shape index (κ2) is 20.2. The van der Waals surface area contributed by atoms with E-state index >= 15 is 0 Å². The van der Waals surface area contributed by atoms with Crippen molar-refractivity contribution < 1.29 is 48.6 Å². The molecule has 8 unspecified atom stereocenters. The maximum Gasteiger partial charge on any atom is 0.330 e. The molecule has 1 aromatic rings. The zero-order chi connectivity index (χ0) is 34.5. The number of methoxy groups -OCH3 is 1. The van der Waals surface area contributed by atoms with Crippen molar-refractivity contribution >= 4 is 33.3 Å². The minimum Gasteiger partial charge on any atom is -0.463 e. The van der Waals surface area contributed by atoms with Crippen LogP contribution in [0.1, 0.15) is 64.0 Å². The Hall–Kier alpha value is -1.76. The Morgan fingerprint density at radius 3 is 2.69 bits per heavy atom. The third kappa shape index (κ3) is 11.7. The number of aliphatic hydroxyl groups excluding tert-OH is 3. The van der Waals surface area contributed by atoms with E-state index in [1.54, 1.807) is 7.11 Å². The fourth-order valence-electron chi connectivity index (χ4n) is 6.74. The summed E-state index contributed by atoms with van der Waals surface area (Å²) in [5, 5.41) is 30.3. The smallest absolute Gasteiger partial charge is 0.330 e. The van der Waals surface area contributed by atoms with E-state index in [1.165, 1.54) is 40.6 Å². The lowest BCUT2D eigenvalue weighted by Crippen LogP contribution is -2.39. The van der Waals surface area contributed by atoms with E-state index in [9.17, 15) is 34.5 Å². The lowest BCUT2D eigenvalue weighted by Gasteiger charge is -2.22. The van der Waals surface area contributed by atoms with Crippen molar-refractivity contribution in [3.8, 4) is 0 Å². The molecule has 0 spiro atoms. The second-order valence-electron chi connectivity index (χ2n) is 12.7. The number of hydrogen-bond donors (Lipinski definition) is 4. The van der Waals surface area contributed by atoms with Gasteiger partial charge in [-0.05, 0) is 43.4 Å². The highest BCUT2D eigenvalue weighted by Crippen LogP contribution is 2.48. The highest BCUT2D eigenvalue weighted by molar-refractivity contribution is 8.76. The molecule has 0 bridgehead atoms. The summed E-state index contributed by atoms with van der Waals surface area (Å²) >= 11 is 0. The second-order valence-corrected chi connectivity index (χ2v) is 15.3. The summed E-state index contributed by atoms with van der Waals surface area (Å²) in [6.45, 7) is 0.370. The summed E-state index contributed by atoms with van der Waals surface area (Å²) in [5.74, 6) is 2.91. The molecular weight excluding hydrogens is 668 g/mol. The zero-order valence-electron chi connectivity index (χ0n) is 27.4. The third-order valence-corrected chi connectivity index (χ3v) is 11.8. The molecule has 3 fully saturated rings. The van der Waals surface area contributed by atoms with Crippen LogP contribution in [0.4, 0.5) is 0 Å². The van der Waals surface area contributed by atoms with E-state index in [0.717, 1.165) is 42.7 Å². The molecule has 2 heterocycles. The first-order valence-electron chi connectivity index (χ1n) is 16.8. The number of nitrogens with zero attached hydrogens (tertiary/aromatic N) is 1. The Labute approximate surface area is 288 Å². The van der Waals surface area contributed by atoms with Crippen molar-refractivity contribution in [1.82, 2.24) is 9.55 Å². The Bertz CT molecular complexity index is 1260. The highest BCUT2D eigenvalue weighted by Gasteiger charge is 2.45. The highest BCUT2D eigenvalue weighted by atomic mass is 33.1. The van der Waals surface area contributed by atoms with Gasteiger partial charge in [0, 0.05) is 63.4 Å². The molecule has 4 N–H and O–H groups in total. The molecule has 0 aromatic carbocycles. The van der Waals surface area contributed by atoms with Gasteiger partial charge in [-0.2, -0.15) is 0 Å². The van der Waals surface area contributed by atoms with Gasteiger partial charge in [-0.15, -0.1) is 0 Å². The number of nitrogens with one attached hydrogen (secondary N) is 1. The average molecular weight is 719 g/mol. The van der Waals surface area contributed by atoms with E-state index in [-0.39, 0.29) is 25.3 Å². The third-order valence-electron chi connectivity index (χ3n) is 9.31. The van der Waals surface area contributed by atoms with Gasteiger partial charge in [-0.1, -0.05) is 34.4 Å².